The van der Waals surface area contributed by atoms with Gasteiger partial charge in [0.2, 0.25) is 5.90 Å². The highest BCUT2D eigenvalue weighted by molar-refractivity contribution is 6.06. The molecule has 3 aromatic rings. The normalized spacial score (nSPS) is 17.1. The molecule has 8 heteroatoms. The number of nitrogens with one attached hydrogen (secondary N) is 1. The van der Waals surface area contributed by atoms with Crippen LogP contribution in [-0.4, -0.2) is 43.5 Å². The zero-order valence-electron chi connectivity index (χ0n) is 18.7. The van der Waals surface area contributed by atoms with E-state index in [2.05, 4.69) is 10.5 Å². The van der Waals surface area contributed by atoms with E-state index in [0.717, 1.165) is 11.1 Å². The zero-order chi connectivity index (χ0) is 24.0. The Balaban J connectivity index is 1.42. The largest absolute Gasteiger partial charge is 0.508 e. The number of hydrogen-bond acceptors (Lipinski definition) is 8. The van der Waals surface area contributed by atoms with Crippen LogP contribution in [0.3, 0.4) is 0 Å². The summed E-state index contributed by atoms with van der Waals surface area (Å²) in [6.45, 7) is -0.00574. The molecule has 0 bridgehead atoms. The number of rotatable bonds is 9. The Bertz CT molecular complexity index is 1210. The highest BCUT2D eigenvalue weighted by Gasteiger charge is 2.40. The van der Waals surface area contributed by atoms with Gasteiger partial charge in [-0.1, -0.05) is 30.3 Å². The van der Waals surface area contributed by atoms with Crippen molar-refractivity contribution in [3.8, 4) is 17.2 Å². The third-order valence-corrected chi connectivity index (χ3v) is 5.12. The van der Waals surface area contributed by atoms with Crippen LogP contribution in [0.5, 0.6) is 17.2 Å². The molecule has 1 unspecified atom stereocenters. The Morgan fingerprint density at radius 1 is 1.06 bits per heavy atom. The number of hydrogen-bond donors (Lipinski definition) is 2. The molecule has 0 saturated heterocycles. The van der Waals surface area contributed by atoms with E-state index >= 15 is 0 Å². The maximum Gasteiger partial charge on any atom is 0.344 e. The minimum absolute atomic E-state index is 0.00574. The Labute approximate surface area is 197 Å². The molecule has 0 aliphatic carbocycles. The van der Waals surface area contributed by atoms with Gasteiger partial charge >= 0.3 is 5.91 Å². The molecule has 1 atom stereocenters. The number of carbonyl (C=O) groups is 1. The Kier molecular flexibility index (Phi) is 6.79. The molecule has 2 N–H and O–H groups in total. The lowest BCUT2D eigenvalue weighted by Gasteiger charge is -2.26. The molecule has 34 heavy (non-hydrogen) atoms. The second kappa shape index (κ2) is 10.1. The van der Waals surface area contributed by atoms with Crippen molar-refractivity contribution >= 4 is 17.8 Å². The molecule has 0 spiro atoms. The molecule has 0 radical (unpaired) electrons. The molecule has 1 aliphatic heterocycles. The summed E-state index contributed by atoms with van der Waals surface area (Å²) in [5.74, 6) is -0.00757. The molecule has 1 aliphatic rings. The molecule has 0 aromatic heterocycles. The van der Waals surface area contributed by atoms with Gasteiger partial charge in [-0.15, -0.1) is 5.10 Å². The Hall–Kier alpha value is -4.30. The van der Waals surface area contributed by atoms with E-state index in [1.807, 2.05) is 30.3 Å². The number of phenolic OH excluding ortho intramolecular Hbond substituents is 1. The summed E-state index contributed by atoms with van der Waals surface area (Å²) in [5, 5.41) is 13.6. The van der Waals surface area contributed by atoms with Crippen LogP contribution in [0.1, 0.15) is 21.5 Å². The number of ether oxygens (including phenoxy) is 4. The van der Waals surface area contributed by atoms with Gasteiger partial charge < -0.3 is 24.1 Å². The number of aromatic hydroxyl groups is 1. The van der Waals surface area contributed by atoms with Gasteiger partial charge in [-0.3, -0.25) is 4.79 Å². The van der Waals surface area contributed by atoms with Gasteiger partial charge in [-0.2, -0.15) is 0 Å². The van der Waals surface area contributed by atoms with Crippen molar-refractivity contribution in [3.63, 3.8) is 0 Å². The minimum atomic E-state index is -1.29. The highest BCUT2D eigenvalue weighted by Crippen LogP contribution is 2.30. The average Bonchev–Trinajstić information content (AvgIpc) is 3.32. The highest BCUT2D eigenvalue weighted by atomic mass is 16.7. The standard InChI is InChI=1S/C26H24N2O6/c1-31-24-16-18(8-14-22(30)19-10-12-21(29)13-11-19)9-15-23(24)33-17-26(32-2)28-27-25(34-26)20-6-4-3-5-7-20/h3-16,28-29H,17H2,1-2H3/b14-8+. The van der Waals surface area contributed by atoms with Gasteiger partial charge in [0.1, 0.15) is 5.75 Å². The van der Waals surface area contributed by atoms with E-state index in [9.17, 15) is 9.90 Å². The Morgan fingerprint density at radius 3 is 2.53 bits per heavy atom. The first-order valence-corrected chi connectivity index (χ1v) is 10.5. The van der Waals surface area contributed by atoms with E-state index in [0.29, 0.717) is 23.0 Å². The number of methoxy groups -OCH3 is 2. The number of phenols is 1. The van der Waals surface area contributed by atoms with Gasteiger partial charge in [0.05, 0.1) is 7.11 Å². The number of hydrazone groups is 1. The monoisotopic (exact) mass is 460 g/mol. The van der Waals surface area contributed by atoms with Crippen molar-refractivity contribution in [2.45, 2.75) is 5.91 Å². The van der Waals surface area contributed by atoms with Crippen LogP contribution in [0, 0.1) is 0 Å². The first kappa shape index (κ1) is 22.9. The lowest BCUT2D eigenvalue weighted by atomic mass is 10.1. The van der Waals surface area contributed by atoms with Gasteiger partial charge in [0, 0.05) is 18.2 Å². The molecule has 0 fully saturated rings. The summed E-state index contributed by atoms with van der Waals surface area (Å²) in [7, 11) is 3.03. The second-order valence-electron chi connectivity index (χ2n) is 7.40. The molecule has 0 amide bonds. The molecule has 8 nitrogen and oxygen atoms in total. The maximum absolute atomic E-state index is 12.3. The molecule has 3 aromatic carbocycles. The van der Waals surface area contributed by atoms with Crippen LogP contribution in [0.15, 0.2) is 84.0 Å². The lowest BCUT2D eigenvalue weighted by molar-refractivity contribution is -0.199. The predicted octanol–water partition coefficient (Wildman–Crippen LogP) is 3.96. The van der Waals surface area contributed by atoms with Gasteiger partial charge in [-0.25, -0.2) is 5.43 Å². The minimum Gasteiger partial charge on any atom is -0.508 e. The number of carbonyl (C=O) groups excluding carboxylic acids is 1. The molecule has 4 rings (SSSR count). The number of nitrogens with zero attached hydrogens (tertiary/aromatic N) is 1. The van der Waals surface area contributed by atoms with E-state index in [1.54, 1.807) is 36.4 Å². The van der Waals surface area contributed by atoms with Crippen LogP contribution in [-0.2, 0) is 9.47 Å². The lowest BCUT2D eigenvalue weighted by Crippen LogP contribution is -2.48. The smallest absolute Gasteiger partial charge is 0.344 e. The van der Waals surface area contributed by atoms with Crippen molar-refractivity contribution in [1.29, 1.82) is 0 Å². The van der Waals surface area contributed by atoms with E-state index in [4.69, 9.17) is 18.9 Å². The van der Waals surface area contributed by atoms with Gasteiger partial charge in [-0.05, 0) is 60.2 Å². The summed E-state index contributed by atoms with van der Waals surface area (Å²) in [6, 6.07) is 20.8. The van der Waals surface area contributed by atoms with Crippen molar-refractivity contribution < 1.29 is 28.8 Å². The molecule has 0 saturated carbocycles. The van der Waals surface area contributed by atoms with Crippen LogP contribution in [0.25, 0.3) is 6.08 Å². The molecular formula is C26H24N2O6. The van der Waals surface area contributed by atoms with Crippen molar-refractivity contribution in [1.82, 2.24) is 5.43 Å². The summed E-state index contributed by atoms with van der Waals surface area (Å²) < 4.78 is 22.8. The van der Waals surface area contributed by atoms with E-state index < -0.39 is 5.91 Å². The SMILES string of the molecule is COc1cc(/C=C/C(=O)c2ccc(O)cc2)ccc1OCC1(OC)NN=C(c2ccccc2)O1. The van der Waals surface area contributed by atoms with Crippen LogP contribution >= 0.6 is 0 Å². The number of ketones is 1. The number of allylic oxidation sites excluding steroid dienone is 1. The van der Waals surface area contributed by atoms with E-state index in [1.165, 1.54) is 32.4 Å². The number of benzene rings is 3. The summed E-state index contributed by atoms with van der Waals surface area (Å²) in [4.78, 5) is 12.3. The molecule has 174 valence electrons. The van der Waals surface area contributed by atoms with Crippen LogP contribution in [0.4, 0.5) is 0 Å². The molecule has 1 heterocycles. The fourth-order valence-electron chi connectivity index (χ4n) is 3.22. The van der Waals surface area contributed by atoms with Crippen LogP contribution in [0.2, 0.25) is 0 Å². The summed E-state index contributed by atoms with van der Waals surface area (Å²) in [6.07, 6.45) is 3.14. The summed E-state index contributed by atoms with van der Waals surface area (Å²) >= 11 is 0. The first-order chi connectivity index (χ1) is 16.5. The predicted molar refractivity (Wildman–Crippen MR) is 127 cm³/mol. The third-order valence-electron chi connectivity index (χ3n) is 5.12. The first-order valence-electron chi connectivity index (χ1n) is 10.5. The van der Waals surface area contributed by atoms with E-state index in [-0.39, 0.29) is 18.1 Å². The topological polar surface area (TPSA) is 98.6 Å². The fourth-order valence-corrected chi connectivity index (χ4v) is 3.22. The zero-order valence-corrected chi connectivity index (χ0v) is 18.7. The maximum atomic E-state index is 12.3. The average molecular weight is 460 g/mol. The van der Waals surface area contributed by atoms with Gasteiger partial charge in [0.25, 0.3) is 0 Å². The summed E-state index contributed by atoms with van der Waals surface area (Å²) in [5.41, 5.74) is 4.89. The van der Waals surface area contributed by atoms with Crippen LogP contribution < -0.4 is 14.9 Å². The molecular weight excluding hydrogens is 436 g/mol. The second-order valence-corrected chi connectivity index (χ2v) is 7.40. The van der Waals surface area contributed by atoms with Crippen molar-refractivity contribution in [2.24, 2.45) is 5.10 Å². The fraction of sp³-hybridized carbons (Fsp3) is 0.154. The van der Waals surface area contributed by atoms with Crippen molar-refractivity contribution in [2.75, 3.05) is 20.8 Å². The van der Waals surface area contributed by atoms with Gasteiger partial charge in [0.15, 0.2) is 23.9 Å². The third kappa shape index (κ3) is 5.19. The Morgan fingerprint density at radius 2 is 1.82 bits per heavy atom. The van der Waals surface area contributed by atoms with Crippen molar-refractivity contribution in [3.05, 3.63) is 95.6 Å². The quantitative estimate of drug-likeness (QED) is 0.368.